The van der Waals surface area contributed by atoms with Gasteiger partial charge in [-0.2, -0.15) is 0 Å². The summed E-state index contributed by atoms with van der Waals surface area (Å²) in [5, 5.41) is 0.656. The van der Waals surface area contributed by atoms with Gasteiger partial charge in [-0.15, -0.1) is 0 Å². The Bertz CT molecular complexity index is 1420. The monoisotopic (exact) mass is 456 g/mol. The molecule has 1 aliphatic heterocycles. The van der Waals surface area contributed by atoms with E-state index in [-0.39, 0.29) is 17.2 Å². The molecule has 1 aromatic heterocycles. The van der Waals surface area contributed by atoms with Crippen molar-refractivity contribution in [2.24, 2.45) is 5.92 Å². The van der Waals surface area contributed by atoms with Gasteiger partial charge in [-0.25, -0.2) is 13.8 Å². The molecule has 0 amide bonds. The quantitative estimate of drug-likeness (QED) is 0.318. The van der Waals surface area contributed by atoms with Gasteiger partial charge in [0.2, 0.25) is 0 Å². The van der Waals surface area contributed by atoms with E-state index in [2.05, 4.69) is 13.5 Å². The van der Waals surface area contributed by atoms with Crippen molar-refractivity contribution in [1.29, 1.82) is 0 Å². The highest BCUT2D eigenvalue weighted by Gasteiger charge is 2.23. The highest BCUT2D eigenvalue weighted by Crippen LogP contribution is 2.22. The summed E-state index contributed by atoms with van der Waals surface area (Å²) in [6.45, 7) is 6.43. The largest absolute Gasteiger partial charge is 0.296 e. The Morgan fingerprint density at radius 1 is 0.971 bits per heavy atom. The molecule has 0 radical (unpaired) electrons. The normalized spacial score (nSPS) is 14.6. The molecule has 1 atom stereocenters. The molecule has 0 saturated heterocycles. The molecule has 0 fully saturated rings. The van der Waals surface area contributed by atoms with Crippen molar-refractivity contribution in [1.82, 2.24) is 9.55 Å². The Hall–Kier alpha value is -3.86. The summed E-state index contributed by atoms with van der Waals surface area (Å²) in [7, 11) is 0. The zero-order chi connectivity index (χ0) is 24.1. The summed E-state index contributed by atoms with van der Waals surface area (Å²) >= 11 is 0. The minimum atomic E-state index is -0.253. The van der Waals surface area contributed by atoms with E-state index in [4.69, 9.17) is 4.98 Å². The molecular formula is C29H26F2N2O. The molecule has 0 aliphatic carbocycles. The minimum Gasteiger partial charge on any atom is -0.296 e. The van der Waals surface area contributed by atoms with Crippen LogP contribution in [0.15, 0.2) is 78.1 Å². The van der Waals surface area contributed by atoms with Gasteiger partial charge in [-0.05, 0) is 59.0 Å². The third-order valence-electron chi connectivity index (χ3n) is 5.95. The fourth-order valence-electron chi connectivity index (χ4n) is 4.02. The molecule has 0 bridgehead atoms. The van der Waals surface area contributed by atoms with Gasteiger partial charge < -0.3 is 0 Å². The first-order valence-electron chi connectivity index (χ1n) is 11.3. The van der Waals surface area contributed by atoms with Gasteiger partial charge in [-0.3, -0.25) is 9.36 Å². The molecule has 0 N–H and O–H groups in total. The van der Waals surface area contributed by atoms with Crippen molar-refractivity contribution in [3.05, 3.63) is 118 Å². The lowest BCUT2D eigenvalue weighted by Gasteiger charge is -2.05. The lowest BCUT2D eigenvalue weighted by Crippen LogP contribution is -2.21. The fourth-order valence-corrected chi connectivity index (χ4v) is 4.02. The molecule has 0 spiro atoms. The van der Waals surface area contributed by atoms with E-state index in [1.807, 2.05) is 41.0 Å². The van der Waals surface area contributed by atoms with Crippen LogP contribution in [0, 0.1) is 17.6 Å². The Balaban J connectivity index is 0.000000257. The van der Waals surface area contributed by atoms with Gasteiger partial charge in [0.15, 0.2) is 0 Å². The molecule has 2 heterocycles. The standard InChI is InChI=1S/C21H19FN2O.C8H7F/c1-2-14-12-20-23-19-11-16(7-6-15-4-3-5-17(22)10-15)8-9-18(19)21(25)24(20)13-14;1-2-7-4-3-5-8(9)6-7/h3-11,14H,2,12-13H2,1H3;2-6H,1H2/b7-6+;. The van der Waals surface area contributed by atoms with Crippen molar-refractivity contribution >= 4 is 29.1 Å². The van der Waals surface area contributed by atoms with Gasteiger partial charge in [0.05, 0.1) is 10.9 Å². The van der Waals surface area contributed by atoms with E-state index >= 15 is 0 Å². The number of hydrogen-bond acceptors (Lipinski definition) is 2. The second-order valence-electron chi connectivity index (χ2n) is 8.35. The predicted molar refractivity (Wildman–Crippen MR) is 135 cm³/mol. The van der Waals surface area contributed by atoms with Crippen LogP contribution >= 0.6 is 0 Å². The van der Waals surface area contributed by atoms with E-state index < -0.39 is 0 Å². The lowest BCUT2D eigenvalue weighted by molar-refractivity contribution is 0.494. The van der Waals surface area contributed by atoms with Gasteiger partial charge in [-0.1, -0.05) is 68.5 Å². The fraction of sp³-hybridized carbons (Fsp3) is 0.172. The molecule has 3 aromatic carbocycles. The molecular weight excluding hydrogens is 430 g/mol. The molecule has 3 nitrogen and oxygen atoms in total. The predicted octanol–water partition coefficient (Wildman–Crippen LogP) is 6.76. The van der Waals surface area contributed by atoms with Gasteiger partial charge >= 0.3 is 0 Å². The van der Waals surface area contributed by atoms with E-state index in [0.717, 1.165) is 47.4 Å². The Morgan fingerprint density at radius 2 is 1.62 bits per heavy atom. The number of hydrogen-bond donors (Lipinski definition) is 0. The summed E-state index contributed by atoms with van der Waals surface area (Å²) in [5.41, 5.74) is 3.34. The van der Waals surface area contributed by atoms with Crippen LogP contribution in [0.5, 0.6) is 0 Å². The van der Waals surface area contributed by atoms with E-state index in [1.165, 1.54) is 24.3 Å². The Morgan fingerprint density at radius 3 is 2.24 bits per heavy atom. The highest BCUT2D eigenvalue weighted by atomic mass is 19.1. The summed E-state index contributed by atoms with van der Waals surface area (Å²) in [5.74, 6) is 0.920. The van der Waals surface area contributed by atoms with Gasteiger partial charge in [0.25, 0.3) is 5.56 Å². The molecule has 34 heavy (non-hydrogen) atoms. The molecule has 5 rings (SSSR count). The van der Waals surface area contributed by atoms with Crippen LogP contribution < -0.4 is 5.56 Å². The molecule has 4 aromatic rings. The zero-order valence-corrected chi connectivity index (χ0v) is 19.0. The average Bonchev–Trinajstić information content (AvgIpc) is 3.27. The van der Waals surface area contributed by atoms with Gasteiger partial charge in [0, 0.05) is 13.0 Å². The summed E-state index contributed by atoms with van der Waals surface area (Å²) < 4.78 is 27.4. The van der Waals surface area contributed by atoms with E-state index in [0.29, 0.717) is 11.3 Å². The van der Waals surface area contributed by atoms with Crippen molar-refractivity contribution in [2.75, 3.05) is 0 Å². The average molecular weight is 457 g/mol. The molecule has 1 unspecified atom stereocenters. The minimum absolute atomic E-state index is 0.0524. The van der Waals surface area contributed by atoms with Crippen LogP contribution in [0.25, 0.3) is 29.1 Å². The van der Waals surface area contributed by atoms with Crippen molar-refractivity contribution in [3.8, 4) is 0 Å². The maximum Gasteiger partial charge on any atom is 0.261 e. The molecule has 172 valence electrons. The number of aromatic nitrogens is 2. The summed E-state index contributed by atoms with van der Waals surface area (Å²) in [4.78, 5) is 17.4. The molecule has 5 heteroatoms. The first kappa shape index (κ1) is 23.3. The number of nitrogens with zero attached hydrogens (tertiary/aromatic N) is 2. The van der Waals surface area contributed by atoms with E-state index in [1.54, 1.807) is 24.3 Å². The number of benzene rings is 3. The summed E-state index contributed by atoms with van der Waals surface area (Å²) in [6, 6.07) is 18.4. The van der Waals surface area contributed by atoms with Crippen LogP contribution in [0.1, 0.15) is 35.9 Å². The molecule has 1 aliphatic rings. The summed E-state index contributed by atoms with van der Waals surface area (Å²) in [6.07, 6.45) is 7.31. The van der Waals surface area contributed by atoms with Crippen LogP contribution in [0.2, 0.25) is 0 Å². The smallest absolute Gasteiger partial charge is 0.261 e. The third kappa shape index (κ3) is 5.37. The number of rotatable bonds is 4. The first-order valence-corrected chi connectivity index (χ1v) is 11.3. The van der Waals surface area contributed by atoms with Crippen molar-refractivity contribution < 1.29 is 8.78 Å². The Kier molecular flexibility index (Phi) is 7.12. The SMILES string of the molecule is C=Cc1cccc(F)c1.CCC1Cc2nc3cc(/C=C/c4cccc(F)c4)ccc3c(=O)n2C1. The second-order valence-corrected chi connectivity index (χ2v) is 8.35. The Labute approximate surface area is 197 Å². The van der Waals surface area contributed by atoms with Crippen LogP contribution in [0.4, 0.5) is 8.78 Å². The van der Waals surface area contributed by atoms with Crippen LogP contribution in [-0.2, 0) is 13.0 Å². The maximum atomic E-state index is 13.3. The van der Waals surface area contributed by atoms with Crippen LogP contribution in [-0.4, -0.2) is 9.55 Å². The molecule has 0 saturated carbocycles. The van der Waals surface area contributed by atoms with Crippen LogP contribution in [0.3, 0.4) is 0 Å². The van der Waals surface area contributed by atoms with E-state index in [9.17, 15) is 13.6 Å². The number of fused-ring (bicyclic) bond motifs is 2. The highest BCUT2D eigenvalue weighted by molar-refractivity contribution is 5.82. The second kappa shape index (κ2) is 10.4. The van der Waals surface area contributed by atoms with Gasteiger partial charge in [0.1, 0.15) is 17.5 Å². The third-order valence-corrected chi connectivity index (χ3v) is 5.95. The number of halogens is 2. The zero-order valence-electron chi connectivity index (χ0n) is 19.0. The maximum absolute atomic E-state index is 13.3. The van der Waals surface area contributed by atoms with Crippen molar-refractivity contribution in [2.45, 2.75) is 26.3 Å². The first-order chi connectivity index (χ1) is 16.5. The lowest BCUT2D eigenvalue weighted by atomic mass is 10.1. The topological polar surface area (TPSA) is 34.9 Å². The van der Waals surface area contributed by atoms with Crippen molar-refractivity contribution in [3.63, 3.8) is 0 Å².